The van der Waals surface area contributed by atoms with Gasteiger partial charge in [0.25, 0.3) is 0 Å². The molecule has 40 valence electrons. The number of halogens is 1. The first-order valence-electron chi connectivity index (χ1n) is 2.02. The molecule has 0 saturated carbocycles. The molecule has 0 bridgehead atoms. The lowest BCUT2D eigenvalue weighted by atomic mass is 10.9. The van der Waals surface area contributed by atoms with Gasteiger partial charge in [0.1, 0.15) is 0 Å². The van der Waals surface area contributed by atoms with E-state index in [4.69, 9.17) is 0 Å². The van der Waals surface area contributed by atoms with Crippen LogP contribution in [0.4, 0.5) is 0 Å². The van der Waals surface area contributed by atoms with Crippen LogP contribution in [0.15, 0.2) is 11.6 Å². The van der Waals surface area contributed by atoms with Crippen LogP contribution in [0.2, 0.25) is 0 Å². The van der Waals surface area contributed by atoms with Crippen LogP contribution >= 0.6 is 27.7 Å². The maximum Gasteiger partial charge on any atom is 0.0739 e. The summed E-state index contributed by atoms with van der Waals surface area (Å²) in [6.07, 6.45) is 2.08. The number of thioether (sulfide) groups is 1. The molecule has 0 radical (unpaired) electrons. The van der Waals surface area contributed by atoms with Crippen LogP contribution in [0.1, 0.15) is 0 Å². The first-order valence-corrected chi connectivity index (χ1v) is 4.19. The van der Waals surface area contributed by atoms with Gasteiger partial charge in [0.05, 0.1) is 11.3 Å². The van der Waals surface area contributed by atoms with E-state index in [1.54, 1.807) is 0 Å². The van der Waals surface area contributed by atoms with Crippen molar-refractivity contribution in [3.05, 3.63) is 11.6 Å². The molecule has 1 heterocycles. The molecule has 1 aliphatic heterocycles. The van der Waals surface area contributed by atoms with Gasteiger partial charge in [-0.05, 0) is 5.41 Å². The minimum atomic E-state index is 0.955. The third-order valence-corrected chi connectivity index (χ3v) is 2.20. The predicted molar refractivity (Wildman–Crippen MR) is 37.2 cm³/mol. The van der Waals surface area contributed by atoms with Crippen LogP contribution in [0.25, 0.3) is 0 Å². The number of rotatable bonds is 1. The van der Waals surface area contributed by atoms with Gasteiger partial charge >= 0.3 is 0 Å². The molecule has 7 heavy (non-hydrogen) atoms. The molecule has 0 aromatic rings. The molecular weight excluding hydrogens is 174 g/mol. The minimum Gasteiger partial charge on any atom is -0.358 e. The highest BCUT2D eigenvalue weighted by Gasteiger charge is 1.99. The van der Waals surface area contributed by atoms with Crippen LogP contribution in [0.5, 0.6) is 0 Å². The fraction of sp³-hybridized carbons (Fsp3) is 0.500. The maximum atomic E-state index is 3.34. The third kappa shape index (κ3) is 1.39. The Morgan fingerprint density at radius 2 is 2.71 bits per heavy atom. The lowest BCUT2D eigenvalue weighted by Gasteiger charge is -2.07. The summed E-state index contributed by atoms with van der Waals surface area (Å²) in [6, 6.07) is 0. The summed E-state index contributed by atoms with van der Waals surface area (Å²) in [6.45, 7) is 0. The van der Waals surface area contributed by atoms with E-state index in [0.29, 0.717) is 0 Å². The smallest absolute Gasteiger partial charge is 0.0739 e. The van der Waals surface area contributed by atoms with Crippen LogP contribution in [-0.4, -0.2) is 16.2 Å². The van der Waals surface area contributed by atoms with Crippen molar-refractivity contribution in [1.82, 2.24) is 4.90 Å². The molecule has 0 spiro atoms. The summed E-state index contributed by atoms with van der Waals surface area (Å²) < 4.78 is 0. The van der Waals surface area contributed by atoms with Crippen molar-refractivity contribution in [2.75, 3.05) is 11.3 Å². The average molecular weight is 180 g/mol. The van der Waals surface area contributed by atoms with E-state index in [-0.39, 0.29) is 0 Å². The number of hydrogen-bond donors (Lipinski definition) is 0. The average Bonchev–Trinajstić information content (AvgIpc) is 2.14. The Balaban J connectivity index is 2.28. The van der Waals surface area contributed by atoms with Gasteiger partial charge in [-0.25, -0.2) is 0 Å². The largest absolute Gasteiger partial charge is 0.358 e. The molecule has 3 heteroatoms. The Kier molecular flexibility index (Phi) is 2.06. The predicted octanol–water partition coefficient (Wildman–Crippen LogP) is 1.82. The summed E-state index contributed by atoms with van der Waals surface area (Å²) in [5, 5.41) is 2.10. The van der Waals surface area contributed by atoms with E-state index >= 15 is 0 Å². The Hall–Kier alpha value is 0.370. The fourth-order valence-electron chi connectivity index (χ4n) is 0.385. The molecule has 0 aromatic carbocycles. The number of nitrogens with zero attached hydrogens (tertiary/aromatic N) is 1. The van der Waals surface area contributed by atoms with Crippen molar-refractivity contribution >= 4 is 27.7 Å². The second kappa shape index (κ2) is 2.62. The van der Waals surface area contributed by atoms with Gasteiger partial charge < -0.3 is 4.90 Å². The van der Waals surface area contributed by atoms with Gasteiger partial charge in [0, 0.05) is 6.20 Å². The molecule has 1 aliphatic rings. The Labute approximate surface area is 55.9 Å². The molecular formula is C4H6BrNS. The molecule has 0 unspecified atom stereocenters. The van der Waals surface area contributed by atoms with Gasteiger partial charge in [-0.2, -0.15) is 0 Å². The van der Waals surface area contributed by atoms with E-state index in [0.717, 1.165) is 11.3 Å². The van der Waals surface area contributed by atoms with E-state index in [9.17, 15) is 0 Å². The monoisotopic (exact) mass is 179 g/mol. The second-order valence-electron chi connectivity index (χ2n) is 1.29. The standard InChI is InChI=1S/C4H6BrNS/c5-3-6-1-2-7-4-6/h1-2H,3-4H2. The van der Waals surface area contributed by atoms with Crippen molar-refractivity contribution in [3.63, 3.8) is 0 Å². The first-order chi connectivity index (χ1) is 3.43. The number of alkyl halides is 1. The normalized spacial score (nSPS) is 18.7. The van der Waals surface area contributed by atoms with E-state index in [2.05, 4.69) is 32.4 Å². The van der Waals surface area contributed by atoms with Crippen molar-refractivity contribution < 1.29 is 0 Å². The first kappa shape index (κ1) is 5.51. The topological polar surface area (TPSA) is 3.24 Å². The van der Waals surface area contributed by atoms with Crippen LogP contribution < -0.4 is 0 Å². The van der Waals surface area contributed by atoms with Gasteiger partial charge in [-0.1, -0.05) is 15.9 Å². The van der Waals surface area contributed by atoms with Gasteiger partial charge in [-0.3, -0.25) is 0 Å². The fourth-order valence-corrected chi connectivity index (χ4v) is 1.68. The number of hydrogen-bond acceptors (Lipinski definition) is 2. The van der Waals surface area contributed by atoms with E-state index in [1.165, 1.54) is 0 Å². The highest BCUT2D eigenvalue weighted by Crippen LogP contribution is 2.14. The second-order valence-corrected chi connectivity index (χ2v) is 2.65. The molecule has 0 fully saturated rings. The van der Waals surface area contributed by atoms with Crippen molar-refractivity contribution in [3.8, 4) is 0 Å². The van der Waals surface area contributed by atoms with Gasteiger partial charge in [0.2, 0.25) is 0 Å². The highest BCUT2D eigenvalue weighted by molar-refractivity contribution is 9.09. The highest BCUT2D eigenvalue weighted by atomic mass is 79.9. The quantitative estimate of drug-likeness (QED) is 0.447. The van der Waals surface area contributed by atoms with E-state index < -0.39 is 0 Å². The summed E-state index contributed by atoms with van der Waals surface area (Å²) in [5.41, 5.74) is 0.955. The van der Waals surface area contributed by atoms with Crippen molar-refractivity contribution in [2.24, 2.45) is 0 Å². The summed E-state index contributed by atoms with van der Waals surface area (Å²) in [4.78, 5) is 2.19. The molecule has 0 aromatic heterocycles. The SMILES string of the molecule is BrCN1C=CSC1. The maximum absolute atomic E-state index is 3.34. The Morgan fingerprint density at radius 3 is 3.00 bits per heavy atom. The molecule has 1 rings (SSSR count). The zero-order valence-electron chi connectivity index (χ0n) is 3.80. The molecule has 0 aliphatic carbocycles. The van der Waals surface area contributed by atoms with Crippen LogP contribution in [0.3, 0.4) is 0 Å². The summed E-state index contributed by atoms with van der Waals surface area (Å²) in [7, 11) is 0. The van der Waals surface area contributed by atoms with Gasteiger partial charge in [0.15, 0.2) is 0 Å². The lowest BCUT2D eigenvalue weighted by Crippen LogP contribution is -2.08. The Bertz CT molecular complexity index is 83.8. The molecule has 1 nitrogen and oxygen atoms in total. The van der Waals surface area contributed by atoms with Crippen LogP contribution in [-0.2, 0) is 0 Å². The van der Waals surface area contributed by atoms with Crippen molar-refractivity contribution in [1.29, 1.82) is 0 Å². The summed E-state index contributed by atoms with van der Waals surface area (Å²) in [5.74, 6) is 1.10. The van der Waals surface area contributed by atoms with Crippen LogP contribution in [0, 0.1) is 0 Å². The zero-order valence-corrected chi connectivity index (χ0v) is 6.20. The van der Waals surface area contributed by atoms with Crippen molar-refractivity contribution in [2.45, 2.75) is 0 Å². The minimum absolute atomic E-state index is 0.955. The third-order valence-electron chi connectivity index (χ3n) is 0.762. The van der Waals surface area contributed by atoms with E-state index in [1.807, 2.05) is 11.8 Å². The lowest BCUT2D eigenvalue weighted by molar-refractivity contribution is 0.535. The molecule has 0 saturated heterocycles. The zero-order chi connectivity index (χ0) is 5.11. The molecule has 0 amide bonds. The molecule has 0 atom stereocenters. The Morgan fingerprint density at radius 1 is 1.86 bits per heavy atom. The van der Waals surface area contributed by atoms with Gasteiger partial charge in [-0.15, -0.1) is 11.8 Å². The molecule has 0 N–H and O–H groups in total. The summed E-state index contributed by atoms with van der Waals surface area (Å²) >= 11 is 5.16.